The van der Waals surface area contributed by atoms with Crippen molar-refractivity contribution in [3.05, 3.63) is 12.4 Å². The van der Waals surface area contributed by atoms with Crippen molar-refractivity contribution in [2.75, 3.05) is 24.5 Å². The van der Waals surface area contributed by atoms with Crippen LogP contribution in [-0.4, -0.2) is 29.7 Å². The summed E-state index contributed by atoms with van der Waals surface area (Å²) in [5.74, 6) is 6.50. The largest absolute Gasteiger partial charge is 0.383 e. The van der Waals surface area contributed by atoms with E-state index in [1.165, 1.54) is 0 Å². The first-order valence-electron chi connectivity index (χ1n) is 5.34. The van der Waals surface area contributed by atoms with Crippen LogP contribution in [0.5, 0.6) is 0 Å². The minimum Gasteiger partial charge on any atom is -0.383 e. The molecule has 0 aliphatic heterocycles. The molecular weight excluding hydrogens is 206 g/mol. The predicted molar refractivity (Wildman–Crippen MR) is 64.0 cm³/mol. The molecule has 90 valence electrons. The fraction of sp³-hybridized carbons (Fsp3) is 0.600. The van der Waals surface area contributed by atoms with Crippen LogP contribution in [0.1, 0.15) is 19.8 Å². The van der Waals surface area contributed by atoms with Crippen molar-refractivity contribution in [1.29, 1.82) is 0 Å². The third-order valence-corrected chi connectivity index (χ3v) is 2.14. The zero-order valence-corrected chi connectivity index (χ0v) is 9.73. The van der Waals surface area contributed by atoms with Gasteiger partial charge in [0.25, 0.3) is 0 Å². The molecule has 1 heterocycles. The van der Waals surface area contributed by atoms with Gasteiger partial charge in [0.2, 0.25) is 0 Å². The van der Waals surface area contributed by atoms with E-state index in [4.69, 9.17) is 10.6 Å². The van der Waals surface area contributed by atoms with E-state index in [2.05, 4.69) is 27.6 Å². The molecule has 0 bridgehead atoms. The number of nitrogens with two attached hydrogens (primary N) is 1. The van der Waals surface area contributed by atoms with Crippen LogP contribution in [0.2, 0.25) is 0 Å². The van der Waals surface area contributed by atoms with Gasteiger partial charge < -0.3 is 15.5 Å². The third-order valence-electron chi connectivity index (χ3n) is 2.14. The van der Waals surface area contributed by atoms with Crippen LogP contribution in [-0.2, 0) is 4.74 Å². The van der Waals surface area contributed by atoms with Crippen LogP contribution in [0.3, 0.4) is 0 Å². The number of nitrogens with one attached hydrogen (secondary N) is 2. The Morgan fingerprint density at radius 2 is 2.19 bits per heavy atom. The molecule has 0 fully saturated rings. The molecule has 6 nitrogen and oxygen atoms in total. The smallest absolute Gasteiger partial charge is 0.160 e. The molecule has 1 atom stereocenters. The maximum Gasteiger partial charge on any atom is 0.160 e. The number of anilines is 2. The highest BCUT2D eigenvalue weighted by Gasteiger charge is 2.08. The first kappa shape index (κ1) is 12.7. The van der Waals surface area contributed by atoms with Gasteiger partial charge >= 0.3 is 0 Å². The Hall–Kier alpha value is -1.40. The molecule has 4 N–H and O–H groups in total. The van der Waals surface area contributed by atoms with E-state index in [1.54, 1.807) is 19.5 Å². The van der Waals surface area contributed by atoms with E-state index < -0.39 is 0 Å². The predicted octanol–water partition coefficient (Wildman–Crippen LogP) is 0.989. The third kappa shape index (κ3) is 4.00. The topological polar surface area (TPSA) is 85.1 Å². The molecule has 0 saturated heterocycles. The Morgan fingerprint density at radius 3 is 2.81 bits per heavy atom. The Labute approximate surface area is 95.6 Å². The summed E-state index contributed by atoms with van der Waals surface area (Å²) in [5.41, 5.74) is 2.46. The van der Waals surface area contributed by atoms with Crippen LogP contribution in [0, 0.1) is 0 Å². The maximum atomic E-state index is 5.26. The van der Waals surface area contributed by atoms with Gasteiger partial charge in [-0.3, -0.25) is 4.98 Å². The van der Waals surface area contributed by atoms with Gasteiger partial charge in [-0.25, -0.2) is 10.8 Å². The van der Waals surface area contributed by atoms with Crippen LogP contribution < -0.4 is 16.6 Å². The Kier molecular flexibility index (Phi) is 5.52. The summed E-state index contributed by atoms with van der Waals surface area (Å²) in [5, 5.41) is 3.26. The average molecular weight is 225 g/mol. The summed E-state index contributed by atoms with van der Waals surface area (Å²) >= 11 is 0. The van der Waals surface area contributed by atoms with E-state index in [1.807, 2.05) is 0 Å². The normalized spacial score (nSPS) is 12.2. The summed E-state index contributed by atoms with van der Waals surface area (Å²) in [6.07, 6.45) is 5.34. The second kappa shape index (κ2) is 6.97. The van der Waals surface area contributed by atoms with Crippen LogP contribution in [0.25, 0.3) is 0 Å². The molecule has 1 aromatic heterocycles. The zero-order valence-electron chi connectivity index (χ0n) is 9.73. The van der Waals surface area contributed by atoms with E-state index >= 15 is 0 Å². The molecule has 0 aromatic carbocycles. The molecule has 16 heavy (non-hydrogen) atoms. The van der Waals surface area contributed by atoms with Gasteiger partial charge in [0.1, 0.15) is 5.82 Å². The summed E-state index contributed by atoms with van der Waals surface area (Å²) in [6, 6.07) is 0.248. The lowest BCUT2D eigenvalue weighted by Gasteiger charge is -2.17. The van der Waals surface area contributed by atoms with Crippen LogP contribution in [0.4, 0.5) is 11.6 Å². The van der Waals surface area contributed by atoms with Crippen molar-refractivity contribution in [3.63, 3.8) is 0 Å². The zero-order chi connectivity index (χ0) is 11.8. The van der Waals surface area contributed by atoms with Gasteiger partial charge in [-0.1, -0.05) is 13.3 Å². The number of rotatable bonds is 7. The first-order chi connectivity index (χ1) is 7.80. The maximum absolute atomic E-state index is 5.26. The lowest BCUT2D eigenvalue weighted by atomic mass is 10.2. The molecule has 0 aliphatic carbocycles. The number of hydrogen-bond acceptors (Lipinski definition) is 6. The molecule has 1 rings (SSSR count). The van der Waals surface area contributed by atoms with Crippen molar-refractivity contribution >= 4 is 11.6 Å². The number of hydrogen-bond donors (Lipinski definition) is 3. The summed E-state index contributed by atoms with van der Waals surface area (Å²) in [4.78, 5) is 8.25. The lowest BCUT2D eigenvalue weighted by molar-refractivity contribution is 0.182. The Bertz CT molecular complexity index is 301. The van der Waals surface area contributed by atoms with Crippen LogP contribution in [0.15, 0.2) is 12.4 Å². The number of ether oxygens (including phenoxy) is 1. The molecule has 0 saturated carbocycles. The summed E-state index contributed by atoms with van der Waals surface area (Å²) in [6.45, 7) is 2.78. The number of aromatic nitrogens is 2. The summed E-state index contributed by atoms with van der Waals surface area (Å²) < 4.78 is 5.13. The molecule has 6 heteroatoms. The quantitative estimate of drug-likeness (QED) is 0.474. The van der Waals surface area contributed by atoms with E-state index in [0.717, 1.165) is 12.8 Å². The monoisotopic (exact) mass is 225 g/mol. The summed E-state index contributed by atoms with van der Waals surface area (Å²) in [7, 11) is 1.69. The van der Waals surface area contributed by atoms with Gasteiger partial charge in [0, 0.05) is 7.11 Å². The molecule has 1 unspecified atom stereocenters. The SMILES string of the molecule is CCCC(COC)Nc1cncc(NN)n1. The first-order valence-corrected chi connectivity index (χ1v) is 5.34. The molecule has 0 radical (unpaired) electrons. The number of nitrogen functional groups attached to an aromatic ring is 1. The van der Waals surface area contributed by atoms with E-state index in [0.29, 0.717) is 18.2 Å². The van der Waals surface area contributed by atoms with Crippen molar-refractivity contribution < 1.29 is 4.74 Å². The van der Waals surface area contributed by atoms with Gasteiger partial charge in [-0.05, 0) is 6.42 Å². The van der Waals surface area contributed by atoms with Crippen molar-refractivity contribution in [2.24, 2.45) is 5.84 Å². The average Bonchev–Trinajstić information content (AvgIpc) is 2.30. The standard InChI is InChI=1S/C10H19N5O/c1-3-4-8(7-16-2)13-9-5-12-6-10(14-9)15-11/h5-6,8H,3-4,7,11H2,1-2H3,(H2,13,14,15). The van der Waals surface area contributed by atoms with E-state index in [9.17, 15) is 0 Å². The van der Waals surface area contributed by atoms with Crippen molar-refractivity contribution in [2.45, 2.75) is 25.8 Å². The number of nitrogens with zero attached hydrogens (tertiary/aromatic N) is 2. The minimum atomic E-state index is 0.248. The highest BCUT2D eigenvalue weighted by molar-refractivity contribution is 5.41. The fourth-order valence-electron chi connectivity index (χ4n) is 1.46. The molecule has 1 aromatic rings. The second-order valence-corrected chi connectivity index (χ2v) is 3.52. The lowest BCUT2D eigenvalue weighted by Crippen LogP contribution is -2.25. The van der Waals surface area contributed by atoms with Gasteiger partial charge in [0.15, 0.2) is 5.82 Å². The van der Waals surface area contributed by atoms with Gasteiger partial charge in [-0.15, -0.1) is 0 Å². The highest BCUT2D eigenvalue weighted by atomic mass is 16.5. The van der Waals surface area contributed by atoms with Crippen molar-refractivity contribution in [3.8, 4) is 0 Å². The molecule has 0 amide bonds. The number of hydrazine groups is 1. The Morgan fingerprint density at radius 1 is 1.44 bits per heavy atom. The number of methoxy groups -OCH3 is 1. The fourth-order valence-corrected chi connectivity index (χ4v) is 1.46. The van der Waals surface area contributed by atoms with E-state index in [-0.39, 0.29) is 6.04 Å². The second-order valence-electron chi connectivity index (χ2n) is 3.52. The molecule has 0 aliphatic rings. The highest BCUT2D eigenvalue weighted by Crippen LogP contribution is 2.09. The van der Waals surface area contributed by atoms with Crippen LogP contribution >= 0.6 is 0 Å². The Balaban J connectivity index is 2.60. The minimum absolute atomic E-state index is 0.248. The molecule has 0 spiro atoms. The van der Waals surface area contributed by atoms with Gasteiger partial charge in [-0.2, -0.15) is 0 Å². The molecular formula is C10H19N5O. The van der Waals surface area contributed by atoms with Gasteiger partial charge in [0.05, 0.1) is 25.0 Å². The van der Waals surface area contributed by atoms with Crippen molar-refractivity contribution in [1.82, 2.24) is 9.97 Å².